The first-order valence-corrected chi connectivity index (χ1v) is 6.61. The molecule has 1 aromatic carbocycles. The molecule has 0 fully saturated rings. The average molecular weight is 295 g/mol. The third-order valence-corrected chi connectivity index (χ3v) is 3.33. The number of aromatic nitrogens is 3. The van der Waals surface area contributed by atoms with E-state index in [1.807, 2.05) is 0 Å². The number of carboxylic acid groups (broad SMARTS) is 1. The summed E-state index contributed by atoms with van der Waals surface area (Å²) in [4.78, 5) is 19.1. The molecule has 0 aliphatic rings. The van der Waals surface area contributed by atoms with Crippen LogP contribution in [0.1, 0.15) is 27.6 Å². The van der Waals surface area contributed by atoms with Gasteiger partial charge < -0.3 is 10.2 Å². The number of imidazole rings is 1. The minimum absolute atomic E-state index is 0.185. The van der Waals surface area contributed by atoms with Crippen LogP contribution in [0, 0.1) is 0 Å². The predicted octanol–water partition coefficient (Wildman–Crippen LogP) is 2.05. The van der Waals surface area contributed by atoms with Crippen molar-refractivity contribution >= 4 is 5.97 Å². The van der Waals surface area contributed by atoms with E-state index in [0.717, 1.165) is 0 Å². The highest BCUT2D eigenvalue weighted by Crippen LogP contribution is 2.22. The zero-order valence-corrected chi connectivity index (χ0v) is 11.5. The van der Waals surface area contributed by atoms with Crippen LogP contribution in [0.15, 0.2) is 61.3 Å². The molecule has 6 nitrogen and oxygen atoms in total. The third kappa shape index (κ3) is 2.72. The van der Waals surface area contributed by atoms with E-state index >= 15 is 0 Å². The van der Waals surface area contributed by atoms with Crippen molar-refractivity contribution in [2.45, 2.75) is 6.10 Å². The Hall–Kier alpha value is -2.99. The van der Waals surface area contributed by atoms with Gasteiger partial charge in [-0.15, -0.1) is 0 Å². The lowest BCUT2D eigenvalue weighted by Crippen LogP contribution is -2.03. The van der Waals surface area contributed by atoms with Crippen molar-refractivity contribution in [3.8, 4) is 5.82 Å². The summed E-state index contributed by atoms with van der Waals surface area (Å²) in [6, 6.07) is 9.68. The fourth-order valence-corrected chi connectivity index (χ4v) is 2.11. The second-order valence-corrected chi connectivity index (χ2v) is 4.75. The molecule has 110 valence electrons. The zero-order chi connectivity index (χ0) is 15.5. The van der Waals surface area contributed by atoms with Gasteiger partial charge in [0.1, 0.15) is 18.2 Å². The van der Waals surface area contributed by atoms with Crippen LogP contribution in [0.25, 0.3) is 5.82 Å². The summed E-state index contributed by atoms with van der Waals surface area (Å²) in [5.41, 5.74) is 1.43. The predicted molar refractivity (Wildman–Crippen MR) is 78.8 cm³/mol. The van der Waals surface area contributed by atoms with Crippen LogP contribution in [0.2, 0.25) is 0 Å². The lowest BCUT2D eigenvalue weighted by molar-refractivity contribution is 0.0696. The van der Waals surface area contributed by atoms with Gasteiger partial charge in [-0.2, -0.15) is 0 Å². The number of pyridine rings is 1. The van der Waals surface area contributed by atoms with E-state index in [-0.39, 0.29) is 5.56 Å². The van der Waals surface area contributed by atoms with E-state index in [1.54, 1.807) is 53.8 Å². The van der Waals surface area contributed by atoms with Crippen molar-refractivity contribution in [1.29, 1.82) is 0 Å². The molecule has 3 aromatic rings. The van der Waals surface area contributed by atoms with E-state index in [1.165, 1.54) is 12.1 Å². The first-order valence-electron chi connectivity index (χ1n) is 6.61. The summed E-state index contributed by atoms with van der Waals surface area (Å²) in [5, 5.41) is 19.2. The van der Waals surface area contributed by atoms with Gasteiger partial charge in [0.05, 0.1) is 5.56 Å². The molecule has 2 N–H and O–H groups in total. The summed E-state index contributed by atoms with van der Waals surface area (Å²) in [7, 11) is 0. The van der Waals surface area contributed by atoms with Crippen LogP contribution in [-0.4, -0.2) is 30.7 Å². The summed E-state index contributed by atoms with van der Waals surface area (Å²) >= 11 is 0. The smallest absolute Gasteiger partial charge is 0.335 e. The van der Waals surface area contributed by atoms with Crippen molar-refractivity contribution in [2.75, 3.05) is 0 Å². The van der Waals surface area contributed by atoms with E-state index in [4.69, 9.17) is 5.11 Å². The van der Waals surface area contributed by atoms with Gasteiger partial charge in [-0.25, -0.2) is 14.8 Å². The number of rotatable bonds is 4. The first-order chi connectivity index (χ1) is 10.6. The van der Waals surface area contributed by atoms with Crippen molar-refractivity contribution in [2.24, 2.45) is 0 Å². The topological polar surface area (TPSA) is 88.2 Å². The Morgan fingerprint density at radius 1 is 1.09 bits per heavy atom. The van der Waals surface area contributed by atoms with Crippen molar-refractivity contribution in [3.05, 3.63) is 78.0 Å². The average Bonchev–Trinajstić information content (AvgIpc) is 3.09. The maximum atomic E-state index is 10.8. The molecule has 1 atom stereocenters. The highest BCUT2D eigenvalue weighted by atomic mass is 16.4. The van der Waals surface area contributed by atoms with Gasteiger partial charge in [-0.3, -0.25) is 4.57 Å². The molecular formula is C16H13N3O3. The van der Waals surface area contributed by atoms with Crippen LogP contribution < -0.4 is 0 Å². The molecule has 2 aromatic heterocycles. The van der Waals surface area contributed by atoms with Crippen LogP contribution in [0.5, 0.6) is 0 Å². The molecule has 0 spiro atoms. The van der Waals surface area contributed by atoms with E-state index in [2.05, 4.69) is 9.97 Å². The number of hydrogen-bond donors (Lipinski definition) is 2. The second-order valence-electron chi connectivity index (χ2n) is 4.75. The minimum atomic E-state index is -0.993. The maximum Gasteiger partial charge on any atom is 0.335 e. The molecule has 0 saturated carbocycles. The lowest BCUT2D eigenvalue weighted by atomic mass is 10.0. The maximum absolute atomic E-state index is 10.8. The summed E-state index contributed by atoms with van der Waals surface area (Å²) in [6.07, 6.45) is 5.82. The zero-order valence-electron chi connectivity index (χ0n) is 11.5. The summed E-state index contributed by atoms with van der Waals surface area (Å²) in [6.45, 7) is 0. The molecular weight excluding hydrogens is 282 g/mol. The lowest BCUT2D eigenvalue weighted by Gasteiger charge is -2.12. The van der Waals surface area contributed by atoms with Crippen molar-refractivity contribution < 1.29 is 15.0 Å². The number of carboxylic acids is 1. The van der Waals surface area contributed by atoms with Crippen LogP contribution in [0.4, 0.5) is 0 Å². The van der Waals surface area contributed by atoms with Gasteiger partial charge in [0, 0.05) is 24.2 Å². The summed E-state index contributed by atoms with van der Waals surface area (Å²) < 4.78 is 1.76. The molecule has 0 bridgehead atoms. The van der Waals surface area contributed by atoms with Gasteiger partial charge in [0.2, 0.25) is 0 Å². The Morgan fingerprint density at radius 3 is 2.36 bits per heavy atom. The van der Waals surface area contributed by atoms with Gasteiger partial charge in [-0.1, -0.05) is 18.2 Å². The van der Waals surface area contributed by atoms with E-state index in [0.29, 0.717) is 16.9 Å². The number of aromatic carboxylic acids is 1. The van der Waals surface area contributed by atoms with Gasteiger partial charge >= 0.3 is 5.97 Å². The summed E-state index contributed by atoms with van der Waals surface area (Å²) in [5.74, 6) is -0.290. The SMILES string of the molecule is O=C(O)c1ccc(C(O)c2ccc(-n3ccnc3)nc2)cc1. The Balaban J connectivity index is 1.82. The van der Waals surface area contributed by atoms with E-state index in [9.17, 15) is 9.90 Å². The van der Waals surface area contributed by atoms with Crippen molar-refractivity contribution in [3.63, 3.8) is 0 Å². The fourth-order valence-electron chi connectivity index (χ4n) is 2.11. The van der Waals surface area contributed by atoms with Gasteiger partial charge in [0.15, 0.2) is 0 Å². The number of carbonyl (C=O) groups is 1. The number of aliphatic hydroxyl groups is 1. The highest BCUT2D eigenvalue weighted by molar-refractivity contribution is 5.87. The normalized spacial score (nSPS) is 12.0. The molecule has 6 heteroatoms. The monoisotopic (exact) mass is 295 g/mol. The molecule has 1 unspecified atom stereocenters. The van der Waals surface area contributed by atoms with Crippen LogP contribution in [0.3, 0.4) is 0 Å². The van der Waals surface area contributed by atoms with E-state index < -0.39 is 12.1 Å². The molecule has 3 rings (SSSR count). The molecule has 2 heterocycles. The van der Waals surface area contributed by atoms with Gasteiger partial charge in [0.25, 0.3) is 0 Å². The Bertz CT molecular complexity index is 765. The second kappa shape index (κ2) is 5.79. The molecule has 0 aliphatic heterocycles. The Labute approximate surface area is 126 Å². The molecule has 0 saturated heterocycles. The van der Waals surface area contributed by atoms with Crippen molar-refractivity contribution in [1.82, 2.24) is 14.5 Å². The number of benzene rings is 1. The van der Waals surface area contributed by atoms with Crippen LogP contribution >= 0.6 is 0 Å². The first kappa shape index (κ1) is 14.0. The largest absolute Gasteiger partial charge is 0.478 e. The number of hydrogen-bond acceptors (Lipinski definition) is 4. The number of aliphatic hydroxyl groups excluding tert-OH is 1. The Kier molecular flexibility index (Phi) is 3.67. The van der Waals surface area contributed by atoms with Gasteiger partial charge in [-0.05, 0) is 23.8 Å². The standard InChI is InChI=1S/C16H13N3O3/c20-15(11-1-3-12(4-2-11)16(21)22)13-5-6-14(18-9-13)19-8-7-17-10-19/h1-10,15,20H,(H,21,22). The van der Waals surface area contributed by atoms with Crippen LogP contribution in [-0.2, 0) is 0 Å². The quantitative estimate of drug-likeness (QED) is 0.769. The molecule has 0 aliphatic carbocycles. The highest BCUT2D eigenvalue weighted by Gasteiger charge is 2.12. The molecule has 0 amide bonds. The number of nitrogens with zero attached hydrogens (tertiary/aromatic N) is 3. The molecule has 22 heavy (non-hydrogen) atoms. The minimum Gasteiger partial charge on any atom is -0.478 e. The Morgan fingerprint density at radius 2 is 1.82 bits per heavy atom. The molecule has 0 radical (unpaired) electrons. The fraction of sp³-hybridized carbons (Fsp3) is 0.0625. The third-order valence-electron chi connectivity index (χ3n) is 3.33.